The summed E-state index contributed by atoms with van der Waals surface area (Å²) in [6, 6.07) is 0.327. The van der Waals surface area contributed by atoms with Crippen LogP contribution in [0.4, 0.5) is 0 Å². The number of rotatable bonds is 5. The van der Waals surface area contributed by atoms with E-state index < -0.39 is 0 Å². The molecule has 1 unspecified atom stereocenters. The second kappa shape index (κ2) is 5.77. The molecule has 0 bridgehead atoms. The van der Waals surface area contributed by atoms with Gasteiger partial charge in [0, 0.05) is 12.2 Å². The van der Waals surface area contributed by atoms with Crippen LogP contribution in [-0.4, -0.2) is 17.4 Å². The minimum Gasteiger partial charge on any atom is -0.298 e. The molecule has 0 saturated carbocycles. The van der Waals surface area contributed by atoms with Gasteiger partial charge in [-0.25, -0.2) is 10.8 Å². The second-order valence-electron chi connectivity index (χ2n) is 3.37. The van der Waals surface area contributed by atoms with Crippen LogP contribution in [0.25, 0.3) is 0 Å². The van der Waals surface area contributed by atoms with Gasteiger partial charge in [-0.1, -0.05) is 20.4 Å². The zero-order valence-electron chi connectivity index (χ0n) is 8.20. The number of nitrogens with two attached hydrogens (primary N) is 1. The van der Waals surface area contributed by atoms with E-state index in [2.05, 4.69) is 32.3 Å². The third-order valence-electron chi connectivity index (χ3n) is 1.63. The number of nitrogens with zero attached hydrogens (tertiary/aromatic N) is 2. The monoisotopic (exact) mass is 169 g/mol. The van der Waals surface area contributed by atoms with Crippen molar-refractivity contribution in [3.05, 3.63) is 12.8 Å². The highest BCUT2D eigenvalue weighted by atomic mass is 15.4. The van der Waals surface area contributed by atoms with Crippen molar-refractivity contribution >= 4 is 6.34 Å². The van der Waals surface area contributed by atoms with Gasteiger partial charge in [0.05, 0.1) is 0 Å². The Kier molecular flexibility index (Phi) is 5.37. The Balaban J connectivity index is 3.83. The molecule has 0 spiro atoms. The molecule has 2 N–H and O–H groups in total. The first kappa shape index (κ1) is 11.2. The third-order valence-corrected chi connectivity index (χ3v) is 1.63. The maximum atomic E-state index is 5.69. The van der Waals surface area contributed by atoms with E-state index in [0.29, 0.717) is 12.0 Å². The standard InChI is InChI=1S/C9H19N3/c1-5-11-7-12(10)9(4)6-8(2)3/h5,7-9H,1,6,10H2,2-4H3/b11-7-. The second-order valence-corrected chi connectivity index (χ2v) is 3.37. The zero-order chi connectivity index (χ0) is 9.56. The van der Waals surface area contributed by atoms with Crippen molar-refractivity contribution < 1.29 is 0 Å². The molecule has 0 aliphatic carbocycles. The molecular weight excluding hydrogens is 150 g/mol. The van der Waals surface area contributed by atoms with E-state index >= 15 is 0 Å². The highest BCUT2D eigenvalue weighted by Gasteiger charge is 2.07. The van der Waals surface area contributed by atoms with Crippen molar-refractivity contribution in [1.82, 2.24) is 5.01 Å². The fourth-order valence-electron chi connectivity index (χ4n) is 1.04. The molecule has 0 heterocycles. The van der Waals surface area contributed by atoms with E-state index in [1.807, 2.05) is 0 Å². The summed E-state index contributed by atoms with van der Waals surface area (Å²) in [5.74, 6) is 6.34. The lowest BCUT2D eigenvalue weighted by Crippen LogP contribution is -2.38. The smallest absolute Gasteiger partial charge is 0.105 e. The minimum absolute atomic E-state index is 0.327. The summed E-state index contributed by atoms with van der Waals surface area (Å²) in [5, 5.41) is 1.61. The van der Waals surface area contributed by atoms with Crippen LogP contribution in [0.3, 0.4) is 0 Å². The van der Waals surface area contributed by atoms with Crippen LogP contribution in [-0.2, 0) is 0 Å². The molecule has 0 saturated heterocycles. The lowest BCUT2D eigenvalue weighted by Gasteiger charge is -2.22. The van der Waals surface area contributed by atoms with Crippen molar-refractivity contribution in [1.29, 1.82) is 0 Å². The van der Waals surface area contributed by atoms with Crippen molar-refractivity contribution in [2.75, 3.05) is 0 Å². The molecule has 0 rings (SSSR count). The molecule has 70 valence electrons. The quantitative estimate of drug-likeness (QED) is 0.295. The predicted octanol–water partition coefficient (Wildman–Crippen LogP) is 1.77. The predicted molar refractivity (Wildman–Crippen MR) is 53.6 cm³/mol. The van der Waals surface area contributed by atoms with Crippen LogP contribution < -0.4 is 5.84 Å². The summed E-state index contributed by atoms with van der Waals surface area (Å²) in [5.41, 5.74) is 0. The molecule has 3 nitrogen and oxygen atoms in total. The van der Waals surface area contributed by atoms with E-state index in [-0.39, 0.29) is 0 Å². The molecule has 0 aromatic carbocycles. The van der Waals surface area contributed by atoms with Gasteiger partial charge < -0.3 is 0 Å². The topological polar surface area (TPSA) is 41.6 Å². The molecule has 0 aliphatic heterocycles. The summed E-state index contributed by atoms with van der Waals surface area (Å²) in [6.45, 7) is 9.90. The van der Waals surface area contributed by atoms with Crippen molar-refractivity contribution in [3.63, 3.8) is 0 Å². The number of hydrogen-bond donors (Lipinski definition) is 1. The minimum atomic E-state index is 0.327. The summed E-state index contributed by atoms with van der Waals surface area (Å²) in [4.78, 5) is 3.84. The number of aliphatic imine (C=N–C) groups is 1. The Labute approximate surface area is 74.9 Å². The van der Waals surface area contributed by atoms with Crippen LogP contribution in [0.2, 0.25) is 0 Å². The average molecular weight is 169 g/mol. The van der Waals surface area contributed by atoms with Gasteiger partial charge in [-0.15, -0.1) is 0 Å². The Morgan fingerprint density at radius 2 is 2.08 bits per heavy atom. The van der Waals surface area contributed by atoms with Crippen molar-refractivity contribution in [2.45, 2.75) is 33.2 Å². The molecule has 3 heteroatoms. The molecule has 12 heavy (non-hydrogen) atoms. The Bertz CT molecular complexity index is 152. The normalized spacial score (nSPS) is 13.8. The van der Waals surface area contributed by atoms with Gasteiger partial charge in [0.25, 0.3) is 0 Å². The molecule has 1 atom stereocenters. The Morgan fingerprint density at radius 1 is 1.50 bits per heavy atom. The Morgan fingerprint density at radius 3 is 2.50 bits per heavy atom. The molecule has 0 amide bonds. The molecule has 0 fully saturated rings. The van der Waals surface area contributed by atoms with Crippen molar-refractivity contribution in [2.24, 2.45) is 16.8 Å². The van der Waals surface area contributed by atoms with Crippen LogP contribution in [0, 0.1) is 5.92 Å². The summed E-state index contributed by atoms with van der Waals surface area (Å²) in [6.07, 6.45) is 4.14. The van der Waals surface area contributed by atoms with Crippen LogP contribution in [0.1, 0.15) is 27.2 Å². The van der Waals surface area contributed by atoms with E-state index in [1.54, 1.807) is 11.3 Å². The van der Waals surface area contributed by atoms with Gasteiger partial charge in [0.15, 0.2) is 0 Å². The lowest BCUT2D eigenvalue weighted by atomic mass is 10.1. The van der Waals surface area contributed by atoms with Crippen LogP contribution in [0.5, 0.6) is 0 Å². The highest BCUT2D eigenvalue weighted by molar-refractivity contribution is 5.55. The van der Waals surface area contributed by atoms with Gasteiger partial charge >= 0.3 is 0 Å². The van der Waals surface area contributed by atoms with Gasteiger partial charge in [0.2, 0.25) is 0 Å². The fourth-order valence-corrected chi connectivity index (χ4v) is 1.04. The summed E-state index contributed by atoms with van der Waals surface area (Å²) in [7, 11) is 0. The first-order valence-electron chi connectivity index (χ1n) is 4.25. The molecule has 0 aromatic rings. The molecule has 0 aliphatic rings. The first-order valence-corrected chi connectivity index (χ1v) is 4.25. The average Bonchev–Trinajstić information content (AvgIpc) is 1.98. The summed E-state index contributed by atoms with van der Waals surface area (Å²) >= 11 is 0. The summed E-state index contributed by atoms with van der Waals surface area (Å²) < 4.78 is 0. The lowest BCUT2D eigenvalue weighted by molar-refractivity contribution is 0.304. The van der Waals surface area contributed by atoms with E-state index in [0.717, 1.165) is 6.42 Å². The van der Waals surface area contributed by atoms with Gasteiger partial charge in [-0.3, -0.25) is 5.01 Å². The molecule has 0 radical (unpaired) electrons. The van der Waals surface area contributed by atoms with E-state index in [4.69, 9.17) is 5.84 Å². The SMILES string of the molecule is C=C/N=C\N(N)C(C)CC(C)C. The largest absolute Gasteiger partial charge is 0.298 e. The maximum Gasteiger partial charge on any atom is 0.105 e. The van der Waals surface area contributed by atoms with Crippen LogP contribution >= 0.6 is 0 Å². The molecular formula is C9H19N3. The number of hydrogen-bond acceptors (Lipinski definition) is 2. The highest BCUT2D eigenvalue weighted by Crippen LogP contribution is 2.06. The van der Waals surface area contributed by atoms with E-state index in [1.165, 1.54) is 6.20 Å². The Hall–Kier alpha value is -0.830. The maximum absolute atomic E-state index is 5.69. The van der Waals surface area contributed by atoms with E-state index in [9.17, 15) is 0 Å². The molecule has 0 aromatic heterocycles. The van der Waals surface area contributed by atoms with Gasteiger partial charge in [-0.05, 0) is 19.3 Å². The zero-order valence-corrected chi connectivity index (χ0v) is 8.20. The fraction of sp³-hybridized carbons (Fsp3) is 0.667. The van der Waals surface area contributed by atoms with Crippen molar-refractivity contribution in [3.8, 4) is 0 Å². The third kappa shape index (κ3) is 4.91. The van der Waals surface area contributed by atoms with Crippen LogP contribution in [0.15, 0.2) is 17.8 Å². The van der Waals surface area contributed by atoms with Gasteiger partial charge in [0.1, 0.15) is 6.34 Å². The van der Waals surface area contributed by atoms with Gasteiger partial charge in [-0.2, -0.15) is 0 Å². The number of hydrazine groups is 1. The first-order chi connectivity index (χ1) is 5.57.